The van der Waals surface area contributed by atoms with Crippen molar-refractivity contribution in [1.82, 2.24) is 10.6 Å². The second kappa shape index (κ2) is 24.8. The van der Waals surface area contributed by atoms with Crippen LogP contribution in [-0.4, -0.2) is 43.1 Å². The molecule has 8 heteroatoms. The van der Waals surface area contributed by atoms with Crippen molar-refractivity contribution in [2.75, 3.05) is 20.2 Å². The zero-order valence-electron chi connectivity index (χ0n) is 30.2. The SMILES string of the molecule is CC/C=C\C/C=C\C/C=C\CCCC/C=C\C/C=C\CCC(=O)NCCNC(=O)CC/C(C)=C/Cc1c(O)c2c(c(C)c1OC)COC2=O. The summed E-state index contributed by atoms with van der Waals surface area (Å²) < 4.78 is 10.6. The summed E-state index contributed by atoms with van der Waals surface area (Å²) in [6.45, 7) is 6.80. The average molecular weight is 675 g/mol. The molecule has 0 aliphatic carbocycles. The van der Waals surface area contributed by atoms with E-state index in [1.165, 1.54) is 20.0 Å². The predicted octanol–water partition coefficient (Wildman–Crippen LogP) is 8.58. The molecule has 0 aromatic heterocycles. The van der Waals surface area contributed by atoms with Gasteiger partial charge in [0.25, 0.3) is 0 Å². The third kappa shape index (κ3) is 16.1. The second-order valence-electron chi connectivity index (χ2n) is 12.2. The maximum atomic E-state index is 12.3. The van der Waals surface area contributed by atoms with E-state index < -0.39 is 5.97 Å². The van der Waals surface area contributed by atoms with Crippen molar-refractivity contribution >= 4 is 17.8 Å². The number of hydrogen-bond acceptors (Lipinski definition) is 6. The number of hydrogen-bond donors (Lipinski definition) is 3. The molecule has 0 radical (unpaired) electrons. The van der Waals surface area contributed by atoms with Crippen LogP contribution in [0.5, 0.6) is 11.5 Å². The number of allylic oxidation sites excluding steroid dienone is 12. The van der Waals surface area contributed by atoms with Gasteiger partial charge in [-0.3, -0.25) is 9.59 Å². The number of cyclic esters (lactones) is 1. The summed E-state index contributed by atoms with van der Waals surface area (Å²) in [4.78, 5) is 36.5. The molecule has 1 aliphatic rings. The van der Waals surface area contributed by atoms with E-state index >= 15 is 0 Å². The summed E-state index contributed by atoms with van der Waals surface area (Å²) >= 11 is 0. The Kier molecular flexibility index (Phi) is 20.6. The quantitative estimate of drug-likeness (QED) is 0.0575. The van der Waals surface area contributed by atoms with Crippen molar-refractivity contribution in [3.63, 3.8) is 0 Å². The molecule has 8 nitrogen and oxygen atoms in total. The van der Waals surface area contributed by atoms with Gasteiger partial charge < -0.3 is 25.2 Å². The van der Waals surface area contributed by atoms with E-state index in [0.717, 1.165) is 49.7 Å². The minimum atomic E-state index is -0.528. The van der Waals surface area contributed by atoms with Gasteiger partial charge in [0.15, 0.2) is 0 Å². The van der Waals surface area contributed by atoms with Crippen molar-refractivity contribution in [2.45, 2.75) is 111 Å². The number of esters is 1. The lowest BCUT2D eigenvalue weighted by Crippen LogP contribution is -2.34. The highest BCUT2D eigenvalue weighted by Crippen LogP contribution is 2.42. The molecule has 0 fully saturated rings. The monoisotopic (exact) mass is 674 g/mol. The van der Waals surface area contributed by atoms with Crippen molar-refractivity contribution < 1.29 is 29.0 Å². The molecule has 0 saturated carbocycles. The molecule has 2 rings (SSSR count). The predicted molar refractivity (Wildman–Crippen MR) is 199 cm³/mol. The number of phenolic OH excluding ortho intramolecular Hbond substituents is 1. The van der Waals surface area contributed by atoms with Crippen LogP contribution in [-0.2, 0) is 27.4 Å². The van der Waals surface area contributed by atoms with Crippen LogP contribution in [0.15, 0.2) is 72.4 Å². The molecule has 0 unspecified atom stereocenters. The lowest BCUT2D eigenvalue weighted by Gasteiger charge is -2.15. The Labute approximate surface area is 294 Å². The third-order valence-corrected chi connectivity index (χ3v) is 8.23. The Morgan fingerprint density at radius 2 is 1.37 bits per heavy atom. The molecular weight excluding hydrogens is 616 g/mol. The first kappa shape index (κ1) is 40.8. The Morgan fingerprint density at radius 3 is 1.96 bits per heavy atom. The van der Waals surface area contributed by atoms with E-state index in [4.69, 9.17) is 9.47 Å². The van der Waals surface area contributed by atoms with Crippen molar-refractivity contribution in [1.29, 1.82) is 0 Å². The maximum Gasteiger partial charge on any atom is 0.342 e. The highest BCUT2D eigenvalue weighted by atomic mass is 16.5. The van der Waals surface area contributed by atoms with Gasteiger partial charge in [-0.05, 0) is 90.0 Å². The van der Waals surface area contributed by atoms with Crippen molar-refractivity contribution in [3.05, 3.63) is 94.7 Å². The molecule has 1 aromatic carbocycles. The largest absolute Gasteiger partial charge is 0.507 e. The molecule has 0 atom stereocenters. The molecule has 2 amide bonds. The first-order valence-corrected chi connectivity index (χ1v) is 17.8. The van der Waals surface area contributed by atoms with Gasteiger partial charge in [0, 0.05) is 37.1 Å². The van der Waals surface area contributed by atoms with Gasteiger partial charge in [-0.2, -0.15) is 0 Å². The number of unbranched alkanes of at least 4 members (excludes halogenated alkanes) is 3. The minimum absolute atomic E-state index is 0.0313. The molecule has 1 aromatic rings. The lowest BCUT2D eigenvalue weighted by atomic mass is 9.94. The van der Waals surface area contributed by atoms with Gasteiger partial charge in [-0.1, -0.05) is 79.3 Å². The number of aromatic hydroxyl groups is 1. The van der Waals surface area contributed by atoms with E-state index in [2.05, 4.69) is 72.2 Å². The number of phenols is 1. The summed E-state index contributed by atoms with van der Waals surface area (Å²) in [6.07, 6.45) is 34.8. The fourth-order valence-electron chi connectivity index (χ4n) is 5.37. The van der Waals surface area contributed by atoms with E-state index in [0.29, 0.717) is 62.1 Å². The Morgan fingerprint density at radius 1 is 0.816 bits per heavy atom. The molecule has 0 saturated heterocycles. The van der Waals surface area contributed by atoms with Gasteiger partial charge in [0.05, 0.1) is 7.11 Å². The van der Waals surface area contributed by atoms with Gasteiger partial charge in [-0.25, -0.2) is 4.79 Å². The first-order valence-electron chi connectivity index (χ1n) is 17.8. The highest BCUT2D eigenvalue weighted by Gasteiger charge is 2.31. The smallest absolute Gasteiger partial charge is 0.342 e. The number of benzene rings is 1. The molecule has 0 bridgehead atoms. The van der Waals surface area contributed by atoms with E-state index in [-0.39, 0.29) is 29.7 Å². The lowest BCUT2D eigenvalue weighted by molar-refractivity contribution is -0.122. The number of carbonyl (C=O) groups is 3. The minimum Gasteiger partial charge on any atom is -0.507 e. The van der Waals surface area contributed by atoms with Crippen LogP contribution in [0.3, 0.4) is 0 Å². The normalized spacial score (nSPS) is 13.4. The Hall–Kier alpha value is -4.33. The number of methoxy groups -OCH3 is 1. The van der Waals surface area contributed by atoms with E-state index in [1.54, 1.807) is 0 Å². The van der Waals surface area contributed by atoms with Crippen LogP contribution in [0.1, 0.15) is 118 Å². The summed E-state index contributed by atoms with van der Waals surface area (Å²) in [6, 6.07) is 0. The fraction of sp³-hybridized carbons (Fsp3) is 0.488. The molecule has 49 heavy (non-hydrogen) atoms. The maximum absolute atomic E-state index is 12.3. The van der Waals surface area contributed by atoms with Crippen LogP contribution in [0.4, 0.5) is 0 Å². The number of nitrogens with one attached hydrogen (secondary N) is 2. The van der Waals surface area contributed by atoms with Gasteiger partial charge in [-0.15, -0.1) is 0 Å². The second-order valence-corrected chi connectivity index (χ2v) is 12.2. The average Bonchev–Trinajstić information content (AvgIpc) is 3.49. The summed E-state index contributed by atoms with van der Waals surface area (Å²) in [5.74, 6) is -0.224. The molecule has 1 aliphatic heterocycles. The highest BCUT2D eigenvalue weighted by molar-refractivity contribution is 5.98. The van der Waals surface area contributed by atoms with Crippen LogP contribution in [0, 0.1) is 6.92 Å². The van der Waals surface area contributed by atoms with Gasteiger partial charge >= 0.3 is 5.97 Å². The fourth-order valence-corrected chi connectivity index (χ4v) is 5.37. The Balaban J connectivity index is 1.50. The summed E-state index contributed by atoms with van der Waals surface area (Å²) in [7, 11) is 1.53. The molecular formula is C41H58N2O6. The summed E-state index contributed by atoms with van der Waals surface area (Å²) in [5.41, 5.74) is 3.15. The third-order valence-electron chi connectivity index (χ3n) is 8.23. The number of carbonyl (C=O) groups excluding carboxylic acids is 3. The molecule has 1 heterocycles. The summed E-state index contributed by atoms with van der Waals surface area (Å²) in [5, 5.41) is 16.5. The van der Waals surface area contributed by atoms with Crippen LogP contribution >= 0.6 is 0 Å². The zero-order valence-corrected chi connectivity index (χ0v) is 30.2. The number of rotatable bonds is 24. The zero-order chi connectivity index (χ0) is 35.7. The standard InChI is InChI=1S/C41H58N2O6/c1-5-6-7-8-9-10-11-12-13-14-15-16-17-18-19-20-21-22-23-24-36(44)42-29-30-43-37(45)28-26-32(2)25-27-34-39(46)38-35(31-49-41(38)47)33(3)40(34)48-4/h6-7,9-10,12-13,18-19,21-22,25,46H,5,8,11,14-17,20,23-24,26-31H2,1-4H3,(H,42,44)(H,43,45)/b7-6-,10-9-,13-12-,19-18-,22-21-,32-25+. The Bertz CT molecular complexity index is 1380. The number of fused-ring (bicyclic) bond motifs is 1. The molecule has 268 valence electrons. The van der Waals surface area contributed by atoms with Crippen LogP contribution in [0.2, 0.25) is 0 Å². The van der Waals surface area contributed by atoms with Crippen LogP contribution < -0.4 is 15.4 Å². The topological polar surface area (TPSA) is 114 Å². The van der Waals surface area contributed by atoms with Crippen LogP contribution in [0.25, 0.3) is 0 Å². The van der Waals surface area contributed by atoms with Gasteiger partial charge in [0.2, 0.25) is 11.8 Å². The molecule has 3 N–H and O–H groups in total. The van der Waals surface area contributed by atoms with E-state index in [1.807, 2.05) is 26.0 Å². The van der Waals surface area contributed by atoms with E-state index in [9.17, 15) is 19.5 Å². The van der Waals surface area contributed by atoms with Gasteiger partial charge in [0.1, 0.15) is 23.7 Å². The molecule has 0 spiro atoms. The number of ether oxygens (including phenoxy) is 2. The number of amides is 2. The first-order chi connectivity index (χ1) is 23.8. The van der Waals surface area contributed by atoms with Crippen molar-refractivity contribution in [2.24, 2.45) is 0 Å². The van der Waals surface area contributed by atoms with Crippen molar-refractivity contribution in [3.8, 4) is 11.5 Å².